The Labute approximate surface area is 161 Å². The SMILES string of the molecule is Cc1ccc(-c2cccc(CN3CCOC(CN(C)CC(=O)O)C3)c2)cc1. The average Bonchev–Trinajstić information content (AvgIpc) is 2.62. The minimum Gasteiger partial charge on any atom is -0.480 e. The maximum absolute atomic E-state index is 10.8. The van der Waals surface area contributed by atoms with Gasteiger partial charge >= 0.3 is 5.97 Å². The van der Waals surface area contributed by atoms with Crippen molar-refractivity contribution < 1.29 is 14.6 Å². The van der Waals surface area contributed by atoms with Gasteiger partial charge in [-0.15, -0.1) is 0 Å². The van der Waals surface area contributed by atoms with E-state index in [9.17, 15) is 4.79 Å². The first-order valence-corrected chi connectivity index (χ1v) is 9.40. The van der Waals surface area contributed by atoms with Crippen molar-refractivity contribution in [2.75, 3.05) is 39.8 Å². The topological polar surface area (TPSA) is 53.0 Å². The quantitative estimate of drug-likeness (QED) is 0.814. The molecule has 0 spiro atoms. The lowest BCUT2D eigenvalue weighted by molar-refractivity contribution is -0.138. The number of aliphatic carboxylic acids is 1. The number of carboxylic acids is 1. The Morgan fingerprint density at radius 3 is 2.74 bits per heavy atom. The molecule has 27 heavy (non-hydrogen) atoms. The van der Waals surface area contributed by atoms with E-state index in [4.69, 9.17) is 9.84 Å². The molecule has 1 N–H and O–H groups in total. The molecule has 3 rings (SSSR count). The van der Waals surface area contributed by atoms with Gasteiger partial charge in [-0.25, -0.2) is 0 Å². The maximum Gasteiger partial charge on any atom is 0.317 e. The van der Waals surface area contributed by atoms with Crippen molar-refractivity contribution >= 4 is 5.97 Å². The molecule has 1 fully saturated rings. The van der Waals surface area contributed by atoms with Gasteiger partial charge in [0.15, 0.2) is 0 Å². The number of likely N-dealkylation sites (N-methyl/N-ethyl adjacent to an activating group) is 1. The van der Waals surface area contributed by atoms with Crippen LogP contribution in [-0.2, 0) is 16.1 Å². The number of benzene rings is 2. The molecule has 1 atom stereocenters. The molecule has 5 heteroatoms. The molecule has 144 valence electrons. The van der Waals surface area contributed by atoms with E-state index in [2.05, 4.69) is 60.4 Å². The highest BCUT2D eigenvalue weighted by atomic mass is 16.5. The molecular weight excluding hydrogens is 340 g/mol. The molecule has 0 bridgehead atoms. The third-order valence-electron chi connectivity index (χ3n) is 4.86. The van der Waals surface area contributed by atoms with Gasteiger partial charge in [0.05, 0.1) is 19.3 Å². The molecule has 1 aliphatic heterocycles. The van der Waals surface area contributed by atoms with Crippen LogP contribution in [0.3, 0.4) is 0 Å². The molecule has 5 nitrogen and oxygen atoms in total. The minimum atomic E-state index is -0.807. The second-order valence-electron chi connectivity index (χ2n) is 7.38. The number of hydrogen-bond donors (Lipinski definition) is 1. The van der Waals surface area contributed by atoms with Gasteiger partial charge in [0.1, 0.15) is 0 Å². The fraction of sp³-hybridized carbons (Fsp3) is 0.409. The smallest absolute Gasteiger partial charge is 0.317 e. The number of ether oxygens (including phenoxy) is 1. The number of morpholine rings is 1. The molecule has 1 aliphatic rings. The zero-order valence-electron chi connectivity index (χ0n) is 16.1. The normalized spacial score (nSPS) is 18.0. The number of carbonyl (C=O) groups is 1. The van der Waals surface area contributed by atoms with E-state index >= 15 is 0 Å². The standard InChI is InChI=1S/C22H28N2O3/c1-17-6-8-19(9-7-17)20-5-3-4-18(12-20)13-24-10-11-27-21(15-24)14-23(2)16-22(25)26/h3-9,12,21H,10-11,13-16H2,1-2H3,(H,25,26). The lowest BCUT2D eigenvalue weighted by Crippen LogP contribution is -2.47. The minimum absolute atomic E-state index is 0.0401. The molecule has 0 aliphatic carbocycles. The Morgan fingerprint density at radius 1 is 1.22 bits per heavy atom. The molecular formula is C22H28N2O3. The molecule has 2 aromatic carbocycles. The second-order valence-corrected chi connectivity index (χ2v) is 7.38. The highest BCUT2D eigenvalue weighted by Crippen LogP contribution is 2.22. The predicted octanol–water partition coefficient (Wildman–Crippen LogP) is 2.88. The Kier molecular flexibility index (Phi) is 6.61. The third kappa shape index (κ3) is 5.89. The van der Waals surface area contributed by atoms with Crippen LogP contribution in [0.15, 0.2) is 48.5 Å². The van der Waals surface area contributed by atoms with Crippen LogP contribution in [0.2, 0.25) is 0 Å². The van der Waals surface area contributed by atoms with E-state index in [1.165, 1.54) is 22.3 Å². The Morgan fingerprint density at radius 2 is 2.00 bits per heavy atom. The van der Waals surface area contributed by atoms with E-state index < -0.39 is 5.97 Å². The van der Waals surface area contributed by atoms with Crippen molar-refractivity contribution in [1.29, 1.82) is 0 Å². The second kappa shape index (κ2) is 9.13. The average molecular weight is 368 g/mol. The van der Waals surface area contributed by atoms with Crippen LogP contribution in [0, 0.1) is 6.92 Å². The number of nitrogens with zero attached hydrogens (tertiary/aromatic N) is 2. The molecule has 2 aromatic rings. The molecule has 0 saturated carbocycles. The summed E-state index contributed by atoms with van der Waals surface area (Å²) in [7, 11) is 1.82. The monoisotopic (exact) mass is 368 g/mol. The van der Waals surface area contributed by atoms with Crippen molar-refractivity contribution in [2.24, 2.45) is 0 Å². The van der Waals surface area contributed by atoms with Gasteiger partial charge < -0.3 is 9.84 Å². The van der Waals surface area contributed by atoms with Crippen molar-refractivity contribution in [2.45, 2.75) is 19.6 Å². The van der Waals surface area contributed by atoms with Gasteiger partial charge in [-0.3, -0.25) is 14.6 Å². The zero-order valence-corrected chi connectivity index (χ0v) is 16.1. The van der Waals surface area contributed by atoms with E-state index in [1.54, 1.807) is 4.90 Å². The lowest BCUT2D eigenvalue weighted by atomic mass is 10.0. The first kappa shape index (κ1) is 19.5. The van der Waals surface area contributed by atoms with Crippen LogP contribution in [0.4, 0.5) is 0 Å². The molecule has 0 radical (unpaired) electrons. The van der Waals surface area contributed by atoms with Crippen molar-refractivity contribution in [3.8, 4) is 11.1 Å². The number of rotatable bonds is 7. The summed E-state index contributed by atoms with van der Waals surface area (Å²) in [6.07, 6.45) is 0.0448. The summed E-state index contributed by atoms with van der Waals surface area (Å²) in [5.41, 5.74) is 5.02. The summed E-state index contributed by atoms with van der Waals surface area (Å²) >= 11 is 0. The highest BCUT2D eigenvalue weighted by molar-refractivity contribution is 5.69. The first-order valence-electron chi connectivity index (χ1n) is 9.40. The summed E-state index contributed by atoms with van der Waals surface area (Å²) in [5, 5.41) is 8.90. The number of carboxylic acid groups (broad SMARTS) is 1. The van der Waals surface area contributed by atoms with Crippen LogP contribution in [0.25, 0.3) is 11.1 Å². The summed E-state index contributed by atoms with van der Waals surface area (Å²) in [4.78, 5) is 15.0. The van der Waals surface area contributed by atoms with Gasteiger partial charge in [-0.1, -0.05) is 48.0 Å². The molecule has 1 unspecified atom stereocenters. The largest absolute Gasteiger partial charge is 0.480 e. The highest BCUT2D eigenvalue weighted by Gasteiger charge is 2.22. The van der Waals surface area contributed by atoms with Crippen molar-refractivity contribution in [3.63, 3.8) is 0 Å². The van der Waals surface area contributed by atoms with Crippen LogP contribution in [0.1, 0.15) is 11.1 Å². The molecule has 1 saturated heterocycles. The fourth-order valence-electron chi connectivity index (χ4n) is 3.53. The van der Waals surface area contributed by atoms with E-state index in [-0.39, 0.29) is 12.6 Å². The summed E-state index contributed by atoms with van der Waals surface area (Å²) in [6, 6.07) is 17.3. The number of hydrogen-bond acceptors (Lipinski definition) is 4. The van der Waals surface area contributed by atoms with Crippen molar-refractivity contribution in [3.05, 3.63) is 59.7 Å². The Hall–Kier alpha value is -2.21. The van der Waals surface area contributed by atoms with Crippen LogP contribution >= 0.6 is 0 Å². The zero-order chi connectivity index (χ0) is 19.2. The molecule has 0 amide bonds. The summed E-state index contributed by atoms with van der Waals surface area (Å²) in [5.74, 6) is -0.807. The first-order chi connectivity index (χ1) is 13.0. The van der Waals surface area contributed by atoms with Gasteiger partial charge in [0, 0.05) is 26.2 Å². The van der Waals surface area contributed by atoms with Crippen LogP contribution < -0.4 is 0 Å². The maximum atomic E-state index is 10.8. The number of aryl methyl sites for hydroxylation is 1. The van der Waals surface area contributed by atoms with E-state index in [1.807, 2.05) is 7.05 Å². The summed E-state index contributed by atoms with van der Waals surface area (Å²) in [6.45, 7) is 6.05. The van der Waals surface area contributed by atoms with Gasteiger partial charge in [-0.2, -0.15) is 0 Å². The summed E-state index contributed by atoms with van der Waals surface area (Å²) < 4.78 is 5.83. The van der Waals surface area contributed by atoms with E-state index in [0.29, 0.717) is 13.2 Å². The van der Waals surface area contributed by atoms with Gasteiger partial charge in [0.2, 0.25) is 0 Å². The predicted molar refractivity (Wildman–Crippen MR) is 107 cm³/mol. The van der Waals surface area contributed by atoms with Crippen LogP contribution in [-0.4, -0.2) is 66.8 Å². The fourth-order valence-corrected chi connectivity index (χ4v) is 3.53. The Balaban J connectivity index is 1.60. The molecule has 0 aromatic heterocycles. The third-order valence-corrected chi connectivity index (χ3v) is 4.86. The van der Waals surface area contributed by atoms with Crippen molar-refractivity contribution in [1.82, 2.24) is 9.80 Å². The lowest BCUT2D eigenvalue weighted by Gasteiger charge is -2.34. The van der Waals surface area contributed by atoms with E-state index in [0.717, 1.165) is 19.6 Å². The molecule has 1 heterocycles. The van der Waals surface area contributed by atoms with Crippen LogP contribution in [0.5, 0.6) is 0 Å². The Bertz CT molecular complexity index is 760. The van der Waals surface area contributed by atoms with Gasteiger partial charge in [-0.05, 0) is 36.7 Å². The van der Waals surface area contributed by atoms with Gasteiger partial charge in [0.25, 0.3) is 0 Å².